The van der Waals surface area contributed by atoms with Gasteiger partial charge in [0.05, 0.1) is 16.7 Å². The highest BCUT2D eigenvalue weighted by atomic mass is 32.1. The molecule has 0 saturated carbocycles. The van der Waals surface area contributed by atoms with E-state index in [4.69, 9.17) is 0 Å². The van der Waals surface area contributed by atoms with Crippen molar-refractivity contribution >= 4 is 23.2 Å². The van der Waals surface area contributed by atoms with Gasteiger partial charge < -0.3 is 10.6 Å². The lowest BCUT2D eigenvalue weighted by molar-refractivity contribution is -0.121. The predicted molar refractivity (Wildman–Crippen MR) is 96.3 cm³/mol. The summed E-state index contributed by atoms with van der Waals surface area (Å²) in [4.78, 5) is 29.6. The zero-order chi connectivity index (χ0) is 17.7. The Morgan fingerprint density at radius 2 is 1.83 bits per heavy atom. The summed E-state index contributed by atoms with van der Waals surface area (Å²) < 4.78 is 0. The quantitative estimate of drug-likeness (QED) is 0.845. The van der Waals surface area contributed by atoms with Crippen LogP contribution in [0.3, 0.4) is 0 Å². The van der Waals surface area contributed by atoms with Crippen LogP contribution in [0, 0.1) is 20.8 Å². The summed E-state index contributed by atoms with van der Waals surface area (Å²) in [5, 5.41) is 6.68. The first-order valence-electron chi connectivity index (χ1n) is 7.95. The van der Waals surface area contributed by atoms with Crippen molar-refractivity contribution in [2.75, 3.05) is 6.54 Å². The molecule has 0 aliphatic rings. The van der Waals surface area contributed by atoms with E-state index in [1.54, 1.807) is 23.5 Å². The van der Waals surface area contributed by atoms with Crippen LogP contribution in [0.25, 0.3) is 0 Å². The normalized spacial score (nSPS) is 11.8. The van der Waals surface area contributed by atoms with Gasteiger partial charge in [0.25, 0.3) is 5.91 Å². The second kappa shape index (κ2) is 8.06. The summed E-state index contributed by atoms with van der Waals surface area (Å²) in [6.07, 6.45) is 0.240. The monoisotopic (exact) mass is 345 g/mol. The Labute approximate surface area is 146 Å². The summed E-state index contributed by atoms with van der Waals surface area (Å²) in [7, 11) is 0. The Morgan fingerprint density at radius 1 is 1.17 bits per heavy atom. The van der Waals surface area contributed by atoms with Crippen LogP contribution in [0.2, 0.25) is 0 Å². The number of hydrogen-bond acceptors (Lipinski definition) is 4. The highest BCUT2D eigenvalue weighted by molar-refractivity contribution is 7.11. The van der Waals surface area contributed by atoms with E-state index in [9.17, 15) is 9.59 Å². The maximum absolute atomic E-state index is 12.0. The average molecular weight is 345 g/mol. The second-order valence-corrected chi connectivity index (χ2v) is 7.24. The summed E-state index contributed by atoms with van der Waals surface area (Å²) >= 11 is 1.63. The number of amides is 2. The lowest BCUT2D eigenvalue weighted by Gasteiger charge is -2.13. The summed E-state index contributed by atoms with van der Waals surface area (Å²) in [6, 6.07) is 7.21. The van der Waals surface area contributed by atoms with Gasteiger partial charge in [-0.1, -0.05) is 17.7 Å². The zero-order valence-corrected chi connectivity index (χ0v) is 15.3. The maximum Gasteiger partial charge on any atom is 0.251 e. The molecule has 0 aliphatic carbocycles. The van der Waals surface area contributed by atoms with Crippen LogP contribution in [-0.4, -0.2) is 23.3 Å². The van der Waals surface area contributed by atoms with Gasteiger partial charge in [-0.2, -0.15) is 0 Å². The number of rotatable bonds is 6. The molecule has 0 unspecified atom stereocenters. The van der Waals surface area contributed by atoms with Crippen molar-refractivity contribution < 1.29 is 9.59 Å². The molecule has 128 valence electrons. The molecule has 24 heavy (non-hydrogen) atoms. The van der Waals surface area contributed by atoms with Crippen LogP contribution in [0.15, 0.2) is 24.3 Å². The first-order valence-corrected chi connectivity index (χ1v) is 8.76. The minimum Gasteiger partial charge on any atom is -0.352 e. The van der Waals surface area contributed by atoms with Crippen molar-refractivity contribution in [3.8, 4) is 0 Å². The molecule has 0 bridgehead atoms. The van der Waals surface area contributed by atoms with Crippen molar-refractivity contribution in [3.05, 3.63) is 51.0 Å². The van der Waals surface area contributed by atoms with Gasteiger partial charge in [-0.05, 0) is 39.8 Å². The summed E-state index contributed by atoms with van der Waals surface area (Å²) in [5.74, 6) is -0.265. The van der Waals surface area contributed by atoms with Crippen LogP contribution in [0.5, 0.6) is 0 Å². The molecule has 2 N–H and O–H groups in total. The van der Waals surface area contributed by atoms with Gasteiger partial charge in [-0.25, -0.2) is 4.98 Å². The zero-order valence-electron chi connectivity index (χ0n) is 14.5. The molecule has 1 aromatic heterocycles. The lowest BCUT2D eigenvalue weighted by Crippen LogP contribution is -2.32. The fourth-order valence-electron chi connectivity index (χ4n) is 2.43. The average Bonchev–Trinajstić information content (AvgIpc) is 2.86. The predicted octanol–water partition coefficient (Wildman–Crippen LogP) is 3.07. The first kappa shape index (κ1) is 18.1. The topological polar surface area (TPSA) is 71.1 Å². The molecular weight excluding hydrogens is 322 g/mol. The Hall–Kier alpha value is -2.21. The molecule has 2 amide bonds. The highest BCUT2D eigenvalue weighted by Gasteiger charge is 2.15. The third-order valence-corrected chi connectivity index (χ3v) is 4.58. The number of benzene rings is 1. The Bertz CT molecular complexity index is 722. The van der Waals surface area contributed by atoms with Gasteiger partial charge >= 0.3 is 0 Å². The van der Waals surface area contributed by atoms with Crippen molar-refractivity contribution in [2.24, 2.45) is 0 Å². The third-order valence-electron chi connectivity index (χ3n) is 3.68. The van der Waals surface area contributed by atoms with E-state index < -0.39 is 0 Å². The smallest absolute Gasteiger partial charge is 0.251 e. The third kappa shape index (κ3) is 4.89. The Morgan fingerprint density at radius 3 is 2.42 bits per heavy atom. The van der Waals surface area contributed by atoms with Crippen molar-refractivity contribution in [3.63, 3.8) is 0 Å². The Kier molecular flexibility index (Phi) is 6.09. The second-order valence-electron chi connectivity index (χ2n) is 5.84. The minimum atomic E-state index is -0.165. The molecule has 2 rings (SSSR count). The minimum absolute atomic E-state index is 0.100. The van der Waals surface area contributed by atoms with E-state index in [0.29, 0.717) is 12.1 Å². The van der Waals surface area contributed by atoms with Crippen molar-refractivity contribution in [2.45, 2.75) is 40.2 Å². The number of nitrogens with zero attached hydrogens (tertiary/aromatic N) is 1. The largest absolute Gasteiger partial charge is 0.352 e. The van der Waals surface area contributed by atoms with E-state index in [-0.39, 0.29) is 24.3 Å². The van der Waals surface area contributed by atoms with Gasteiger partial charge in [0.2, 0.25) is 5.91 Å². The van der Waals surface area contributed by atoms with Gasteiger partial charge in [0, 0.05) is 23.4 Å². The number of aromatic nitrogens is 1. The number of nitrogens with one attached hydrogen (secondary N) is 2. The van der Waals surface area contributed by atoms with E-state index in [0.717, 1.165) is 21.1 Å². The molecule has 0 radical (unpaired) electrons. The first-order chi connectivity index (χ1) is 11.4. The fourth-order valence-corrected chi connectivity index (χ4v) is 3.34. The molecule has 5 nitrogen and oxygen atoms in total. The SMILES string of the molecule is Cc1ccc(C(=O)NCCC(=O)N[C@@H](C)c2nc(C)sc2C)cc1. The maximum atomic E-state index is 12.0. The van der Waals surface area contributed by atoms with Crippen LogP contribution < -0.4 is 10.6 Å². The van der Waals surface area contributed by atoms with Crippen LogP contribution >= 0.6 is 11.3 Å². The molecule has 2 aromatic rings. The van der Waals surface area contributed by atoms with Gasteiger partial charge in [0.15, 0.2) is 0 Å². The molecule has 0 spiro atoms. The van der Waals surface area contributed by atoms with E-state index >= 15 is 0 Å². The molecule has 6 heteroatoms. The van der Waals surface area contributed by atoms with Gasteiger partial charge in [-0.15, -0.1) is 11.3 Å². The Balaban J connectivity index is 1.78. The number of carbonyl (C=O) groups is 2. The van der Waals surface area contributed by atoms with Crippen molar-refractivity contribution in [1.29, 1.82) is 0 Å². The van der Waals surface area contributed by atoms with Crippen LogP contribution in [-0.2, 0) is 4.79 Å². The summed E-state index contributed by atoms with van der Waals surface area (Å²) in [5.41, 5.74) is 2.62. The van der Waals surface area contributed by atoms with E-state index in [2.05, 4.69) is 15.6 Å². The molecule has 1 aromatic carbocycles. The molecular formula is C18H23N3O2S. The molecule has 0 fully saturated rings. The molecule has 0 aliphatic heterocycles. The molecule has 0 saturated heterocycles. The summed E-state index contributed by atoms with van der Waals surface area (Å²) in [6.45, 7) is 8.16. The van der Waals surface area contributed by atoms with Crippen molar-refractivity contribution in [1.82, 2.24) is 15.6 Å². The van der Waals surface area contributed by atoms with E-state index in [1.807, 2.05) is 39.8 Å². The lowest BCUT2D eigenvalue weighted by atomic mass is 10.1. The molecule has 1 atom stereocenters. The van der Waals surface area contributed by atoms with Crippen LogP contribution in [0.1, 0.15) is 50.9 Å². The number of carbonyl (C=O) groups excluding carboxylic acids is 2. The van der Waals surface area contributed by atoms with Gasteiger partial charge in [0.1, 0.15) is 0 Å². The number of hydrogen-bond donors (Lipinski definition) is 2. The number of aryl methyl sites for hydroxylation is 3. The van der Waals surface area contributed by atoms with Crippen LogP contribution in [0.4, 0.5) is 0 Å². The fraction of sp³-hybridized carbons (Fsp3) is 0.389. The van der Waals surface area contributed by atoms with E-state index in [1.165, 1.54) is 0 Å². The highest BCUT2D eigenvalue weighted by Crippen LogP contribution is 2.22. The standard InChI is InChI=1S/C18H23N3O2S/c1-11-5-7-15(8-6-11)18(23)19-10-9-16(22)20-12(2)17-13(3)24-14(4)21-17/h5-8,12H,9-10H2,1-4H3,(H,19,23)(H,20,22)/t12-/m0/s1. The number of thiazole rings is 1. The molecule has 1 heterocycles. The van der Waals surface area contributed by atoms with Gasteiger partial charge in [-0.3, -0.25) is 9.59 Å².